The largest absolute Gasteiger partial charge is 0.393 e. The number of nitrogens with zero attached hydrogens (tertiary/aromatic N) is 1. The third-order valence-electron chi connectivity index (χ3n) is 2.84. The lowest BCUT2D eigenvalue weighted by Gasteiger charge is -2.28. The summed E-state index contributed by atoms with van der Waals surface area (Å²) < 4.78 is 5.32. The molecule has 2 heterocycles. The van der Waals surface area contributed by atoms with Crippen molar-refractivity contribution in [2.24, 2.45) is 0 Å². The van der Waals surface area contributed by atoms with Crippen LogP contribution in [0.5, 0.6) is 0 Å². The lowest BCUT2D eigenvalue weighted by atomic mass is 10.1. The smallest absolute Gasteiger partial charge is 0.236 e. The number of aliphatic hydroxyl groups excluding tert-OH is 2. The first-order valence-electron chi connectivity index (χ1n) is 5.20. The minimum absolute atomic E-state index is 0.237. The van der Waals surface area contributed by atoms with E-state index in [2.05, 4.69) is 6.58 Å². The van der Waals surface area contributed by atoms with Crippen LogP contribution in [0.2, 0.25) is 0 Å². The molecule has 0 aliphatic carbocycles. The van der Waals surface area contributed by atoms with E-state index in [0.29, 0.717) is 5.57 Å². The highest BCUT2D eigenvalue weighted by Gasteiger charge is 2.42. The Morgan fingerprint density at radius 3 is 2.76 bits per heavy atom. The minimum Gasteiger partial charge on any atom is -0.393 e. The summed E-state index contributed by atoms with van der Waals surface area (Å²) in [6, 6.07) is 0. The second kappa shape index (κ2) is 4.40. The molecule has 6 heteroatoms. The first-order valence-corrected chi connectivity index (χ1v) is 5.20. The fraction of sp³-hybridized carbons (Fsp3) is 0.455. The first kappa shape index (κ1) is 12.0. The van der Waals surface area contributed by atoms with Gasteiger partial charge in [0.1, 0.15) is 12.2 Å². The predicted octanol–water partition coefficient (Wildman–Crippen LogP) is -1.06. The fourth-order valence-corrected chi connectivity index (χ4v) is 1.85. The van der Waals surface area contributed by atoms with Crippen LogP contribution in [-0.4, -0.2) is 51.8 Å². The number of ether oxygens (including phenoxy) is 1. The van der Waals surface area contributed by atoms with Crippen LogP contribution in [0.4, 0.5) is 0 Å². The van der Waals surface area contributed by atoms with E-state index in [-0.39, 0.29) is 18.8 Å². The van der Waals surface area contributed by atoms with E-state index in [1.165, 1.54) is 12.3 Å². The van der Waals surface area contributed by atoms with Gasteiger partial charge in [-0.1, -0.05) is 6.58 Å². The van der Waals surface area contributed by atoms with E-state index < -0.39 is 24.3 Å². The summed E-state index contributed by atoms with van der Waals surface area (Å²) in [5, 5.41) is 18.9. The molecule has 6 nitrogen and oxygen atoms in total. The van der Waals surface area contributed by atoms with Crippen molar-refractivity contribution >= 4 is 11.7 Å². The molecule has 3 atom stereocenters. The predicted molar refractivity (Wildman–Crippen MR) is 56.5 cm³/mol. The summed E-state index contributed by atoms with van der Waals surface area (Å²) in [4.78, 5) is 23.8. The minimum atomic E-state index is -1.06. The van der Waals surface area contributed by atoms with Gasteiger partial charge < -0.3 is 14.9 Å². The second-order valence-corrected chi connectivity index (χ2v) is 3.98. The molecule has 92 valence electrons. The normalized spacial score (nSPS) is 33.6. The van der Waals surface area contributed by atoms with Crippen LogP contribution in [0, 0.1) is 0 Å². The van der Waals surface area contributed by atoms with Crippen LogP contribution in [0.3, 0.4) is 0 Å². The molecule has 0 radical (unpaired) electrons. The Hall–Kier alpha value is -1.50. The van der Waals surface area contributed by atoms with E-state index in [1.54, 1.807) is 0 Å². The van der Waals surface area contributed by atoms with Gasteiger partial charge in [0.15, 0.2) is 12.0 Å². The van der Waals surface area contributed by atoms with Gasteiger partial charge in [0.2, 0.25) is 5.91 Å². The summed E-state index contributed by atoms with van der Waals surface area (Å²) in [5.41, 5.74) is 0.329. The number of rotatable bonds is 2. The maximum atomic E-state index is 11.6. The Morgan fingerprint density at radius 1 is 1.53 bits per heavy atom. The van der Waals surface area contributed by atoms with E-state index in [4.69, 9.17) is 9.84 Å². The quantitative estimate of drug-likeness (QED) is 0.473. The van der Waals surface area contributed by atoms with Gasteiger partial charge in [0, 0.05) is 6.20 Å². The Morgan fingerprint density at radius 2 is 2.24 bits per heavy atom. The molecular formula is C11H13NO5. The van der Waals surface area contributed by atoms with Crippen molar-refractivity contribution in [1.29, 1.82) is 0 Å². The van der Waals surface area contributed by atoms with Gasteiger partial charge in [-0.25, -0.2) is 0 Å². The van der Waals surface area contributed by atoms with Gasteiger partial charge in [0.05, 0.1) is 13.0 Å². The summed E-state index contributed by atoms with van der Waals surface area (Å²) in [6.07, 6.45) is -0.361. The molecule has 0 aromatic heterocycles. The molecule has 2 aliphatic heterocycles. The number of ketones is 1. The van der Waals surface area contributed by atoms with Crippen molar-refractivity contribution in [2.75, 3.05) is 6.61 Å². The van der Waals surface area contributed by atoms with Crippen LogP contribution >= 0.6 is 0 Å². The topological polar surface area (TPSA) is 87.1 Å². The summed E-state index contributed by atoms with van der Waals surface area (Å²) in [5.74, 6) is -0.718. The van der Waals surface area contributed by atoms with Crippen molar-refractivity contribution in [3.05, 3.63) is 24.4 Å². The third-order valence-corrected chi connectivity index (χ3v) is 2.84. The molecule has 0 spiro atoms. The van der Waals surface area contributed by atoms with Crippen molar-refractivity contribution in [3.63, 3.8) is 0 Å². The molecule has 0 saturated carbocycles. The molecule has 0 unspecified atom stereocenters. The van der Waals surface area contributed by atoms with Crippen molar-refractivity contribution in [1.82, 2.24) is 4.90 Å². The summed E-state index contributed by atoms with van der Waals surface area (Å²) >= 11 is 0. The summed E-state index contributed by atoms with van der Waals surface area (Å²) in [6.45, 7) is 3.30. The van der Waals surface area contributed by atoms with Gasteiger partial charge in [-0.3, -0.25) is 14.5 Å². The number of hydrogen-bond acceptors (Lipinski definition) is 5. The summed E-state index contributed by atoms with van der Waals surface area (Å²) in [7, 11) is 0. The molecule has 0 aromatic carbocycles. The van der Waals surface area contributed by atoms with Crippen LogP contribution in [-0.2, 0) is 14.3 Å². The van der Waals surface area contributed by atoms with Crippen LogP contribution in [0.25, 0.3) is 0 Å². The second-order valence-electron chi connectivity index (χ2n) is 3.98. The zero-order valence-corrected chi connectivity index (χ0v) is 9.07. The molecule has 2 rings (SSSR count). The molecule has 2 aliphatic rings. The van der Waals surface area contributed by atoms with E-state index in [0.717, 1.165) is 4.90 Å². The van der Waals surface area contributed by atoms with Crippen molar-refractivity contribution in [2.45, 2.75) is 24.9 Å². The van der Waals surface area contributed by atoms with Crippen LogP contribution in [0.15, 0.2) is 24.4 Å². The molecule has 0 aromatic rings. The van der Waals surface area contributed by atoms with Crippen molar-refractivity contribution in [3.8, 4) is 0 Å². The number of aliphatic hydroxyl groups is 2. The van der Waals surface area contributed by atoms with Crippen molar-refractivity contribution < 1.29 is 24.5 Å². The third kappa shape index (κ3) is 2.02. The standard InChI is InChI=1S/C11H13NO5/c1-6-8(5-13)17-11(10(6)16)12-3-2-7(14)4-9(12)15/h2-3,8,10-11,13,16H,1,4-5H2/t8-,10+,11-/m0/s1. The number of carbonyl (C=O) groups is 2. The average molecular weight is 239 g/mol. The zero-order valence-electron chi connectivity index (χ0n) is 9.07. The van der Waals surface area contributed by atoms with Gasteiger partial charge in [-0.2, -0.15) is 0 Å². The lowest BCUT2D eigenvalue weighted by Crippen LogP contribution is -2.44. The highest BCUT2D eigenvalue weighted by molar-refractivity contribution is 6.06. The van der Waals surface area contributed by atoms with E-state index in [9.17, 15) is 14.7 Å². The van der Waals surface area contributed by atoms with Gasteiger partial charge in [0.25, 0.3) is 0 Å². The molecule has 17 heavy (non-hydrogen) atoms. The monoisotopic (exact) mass is 239 g/mol. The van der Waals surface area contributed by atoms with Crippen LogP contribution < -0.4 is 0 Å². The molecule has 1 saturated heterocycles. The lowest BCUT2D eigenvalue weighted by molar-refractivity contribution is -0.148. The average Bonchev–Trinajstić information content (AvgIpc) is 2.57. The zero-order chi connectivity index (χ0) is 12.6. The molecule has 1 fully saturated rings. The molecule has 0 bridgehead atoms. The maximum absolute atomic E-state index is 11.6. The van der Waals surface area contributed by atoms with E-state index in [1.807, 2.05) is 0 Å². The Kier molecular flexibility index (Phi) is 3.10. The number of amides is 1. The maximum Gasteiger partial charge on any atom is 0.236 e. The SMILES string of the molecule is C=C1[C@H](CO)O[C@H](N2C=CC(=O)CC2=O)[C@@H]1O. The molecular weight excluding hydrogens is 226 g/mol. The number of hydrogen-bond donors (Lipinski definition) is 2. The Labute approximate surface area is 97.8 Å². The van der Waals surface area contributed by atoms with Gasteiger partial charge >= 0.3 is 0 Å². The number of allylic oxidation sites excluding steroid dienone is 1. The van der Waals surface area contributed by atoms with Gasteiger partial charge in [-0.05, 0) is 11.6 Å². The number of carbonyl (C=O) groups excluding carboxylic acids is 2. The first-order chi connectivity index (χ1) is 8.04. The Balaban J connectivity index is 2.19. The highest BCUT2D eigenvalue weighted by atomic mass is 16.5. The Bertz CT molecular complexity index is 403. The van der Waals surface area contributed by atoms with Crippen LogP contribution in [0.1, 0.15) is 6.42 Å². The molecule has 1 amide bonds. The fourth-order valence-electron chi connectivity index (χ4n) is 1.85. The van der Waals surface area contributed by atoms with E-state index >= 15 is 0 Å². The van der Waals surface area contributed by atoms with Gasteiger partial charge in [-0.15, -0.1) is 0 Å². The highest BCUT2D eigenvalue weighted by Crippen LogP contribution is 2.28. The molecule has 2 N–H and O–H groups in total.